The van der Waals surface area contributed by atoms with E-state index in [-0.39, 0.29) is 34.9 Å². The smallest absolute Gasteiger partial charge is 0.262 e. The molecule has 7 nitrogen and oxygen atoms in total. The van der Waals surface area contributed by atoms with E-state index in [4.69, 9.17) is 9.47 Å². The van der Waals surface area contributed by atoms with E-state index in [1.54, 1.807) is 0 Å². The SMILES string of the molecule is CCOc1cc(C2C3=C(CC(C)(C)CC3=O)N(CCc3ccccc3)C3=C2C(=O)CC(C)(C)C3)cc(I)c1OCC(=O)Nc1cccc(C)c1C. The Morgan fingerprint density at radius 2 is 1.49 bits per heavy atom. The van der Waals surface area contributed by atoms with E-state index in [1.807, 2.05) is 57.2 Å². The Labute approximate surface area is 316 Å². The lowest BCUT2D eigenvalue weighted by Crippen LogP contribution is -2.45. The summed E-state index contributed by atoms with van der Waals surface area (Å²) in [6.45, 7) is 15.4. The molecule has 0 fully saturated rings. The van der Waals surface area contributed by atoms with Crippen molar-refractivity contribution in [2.75, 3.05) is 25.1 Å². The number of carbonyl (C=O) groups is 3. The Morgan fingerprint density at radius 3 is 2.10 bits per heavy atom. The Balaban J connectivity index is 1.41. The van der Waals surface area contributed by atoms with Gasteiger partial charge in [0.1, 0.15) is 0 Å². The zero-order valence-electron chi connectivity index (χ0n) is 30.9. The fourth-order valence-corrected chi connectivity index (χ4v) is 8.69. The van der Waals surface area contributed by atoms with Crippen molar-refractivity contribution in [2.24, 2.45) is 10.8 Å². The van der Waals surface area contributed by atoms with Crippen LogP contribution in [0.2, 0.25) is 0 Å². The van der Waals surface area contributed by atoms with Crippen LogP contribution in [0.1, 0.15) is 88.5 Å². The summed E-state index contributed by atoms with van der Waals surface area (Å²) in [6, 6.07) is 20.1. The number of ketones is 2. The van der Waals surface area contributed by atoms with Crippen molar-refractivity contribution in [3.05, 3.63) is 109 Å². The van der Waals surface area contributed by atoms with E-state index in [2.05, 4.69) is 84.8 Å². The second-order valence-corrected chi connectivity index (χ2v) is 16.9. The lowest BCUT2D eigenvalue weighted by molar-refractivity contribution is -0.120. The van der Waals surface area contributed by atoms with Gasteiger partial charge in [0.15, 0.2) is 29.7 Å². The van der Waals surface area contributed by atoms with Crippen LogP contribution in [0.5, 0.6) is 11.5 Å². The Morgan fingerprint density at radius 1 is 0.863 bits per heavy atom. The summed E-state index contributed by atoms with van der Waals surface area (Å²) in [7, 11) is 0. The Hall–Kier alpha value is -3.92. The van der Waals surface area contributed by atoms with E-state index in [9.17, 15) is 14.4 Å². The van der Waals surface area contributed by atoms with Crippen LogP contribution in [0, 0.1) is 28.2 Å². The molecule has 8 heteroatoms. The van der Waals surface area contributed by atoms with Crippen molar-refractivity contribution >= 4 is 45.8 Å². The molecule has 0 aromatic heterocycles. The molecule has 0 unspecified atom stereocenters. The number of carbonyl (C=O) groups excluding carboxylic acids is 3. The van der Waals surface area contributed by atoms with Crippen molar-refractivity contribution in [2.45, 2.75) is 86.5 Å². The predicted octanol–water partition coefficient (Wildman–Crippen LogP) is 9.25. The number of benzene rings is 3. The average molecular weight is 801 g/mol. The first-order chi connectivity index (χ1) is 24.2. The third-order valence-electron chi connectivity index (χ3n) is 10.4. The lowest BCUT2D eigenvalue weighted by atomic mass is 9.63. The summed E-state index contributed by atoms with van der Waals surface area (Å²) >= 11 is 2.22. The standard InChI is InChI=1S/C43H49IN2O5/c1-8-50-36-20-29(19-30(44)41(36)51-25-37(49)45-31-16-12-13-26(2)27(31)3)38-39-32(21-42(4,5)23-34(39)47)46(18-17-28-14-10-9-11-15-28)33-22-43(6,7)24-35(48)40(33)38/h9-16,19-20,38H,8,17-18,21-25H2,1-7H3,(H,45,49). The van der Waals surface area contributed by atoms with Crippen molar-refractivity contribution in [3.8, 4) is 11.5 Å². The summed E-state index contributed by atoms with van der Waals surface area (Å²) in [4.78, 5) is 44.1. The van der Waals surface area contributed by atoms with Gasteiger partial charge in [0.25, 0.3) is 5.91 Å². The molecule has 0 saturated carbocycles. The number of halogens is 1. The van der Waals surface area contributed by atoms with Crippen LogP contribution in [-0.2, 0) is 20.8 Å². The second-order valence-electron chi connectivity index (χ2n) is 15.8. The topological polar surface area (TPSA) is 84.9 Å². The molecule has 0 atom stereocenters. The van der Waals surface area contributed by atoms with E-state index in [0.29, 0.717) is 37.5 Å². The number of ether oxygens (including phenoxy) is 2. The summed E-state index contributed by atoms with van der Waals surface area (Å²) in [5.74, 6) is 0.358. The number of allylic oxidation sites excluding steroid dienone is 4. The molecule has 6 rings (SSSR count). The van der Waals surface area contributed by atoms with Gasteiger partial charge in [-0.3, -0.25) is 14.4 Å². The molecule has 1 amide bonds. The van der Waals surface area contributed by atoms with Gasteiger partial charge in [-0.05, 0) is 114 Å². The molecular weight excluding hydrogens is 751 g/mol. The Bertz CT molecular complexity index is 1890. The van der Waals surface area contributed by atoms with Crippen molar-refractivity contribution < 1.29 is 23.9 Å². The lowest BCUT2D eigenvalue weighted by Gasteiger charge is -2.49. The fourth-order valence-electron chi connectivity index (χ4n) is 7.90. The highest BCUT2D eigenvalue weighted by molar-refractivity contribution is 14.1. The second kappa shape index (κ2) is 14.6. The number of hydrogen-bond donors (Lipinski definition) is 1. The minimum absolute atomic E-state index is 0.0940. The maximum absolute atomic E-state index is 14.4. The fraction of sp³-hybridized carbons (Fsp3) is 0.419. The summed E-state index contributed by atoms with van der Waals surface area (Å²) in [5, 5.41) is 2.97. The molecule has 0 bridgehead atoms. The maximum Gasteiger partial charge on any atom is 0.262 e. The molecule has 268 valence electrons. The highest BCUT2D eigenvalue weighted by Crippen LogP contribution is 2.55. The van der Waals surface area contributed by atoms with Crippen LogP contribution in [-0.4, -0.2) is 42.1 Å². The van der Waals surface area contributed by atoms with Gasteiger partial charge in [0, 0.05) is 53.5 Å². The molecule has 1 heterocycles. The van der Waals surface area contributed by atoms with Crippen molar-refractivity contribution in [1.29, 1.82) is 0 Å². The molecule has 3 aromatic rings. The molecule has 51 heavy (non-hydrogen) atoms. The van der Waals surface area contributed by atoms with Gasteiger partial charge in [-0.15, -0.1) is 0 Å². The normalized spacial score (nSPS) is 18.4. The van der Waals surface area contributed by atoms with E-state index >= 15 is 0 Å². The molecule has 0 spiro atoms. The monoisotopic (exact) mass is 800 g/mol. The molecule has 1 N–H and O–H groups in total. The number of anilines is 1. The minimum atomic E-state index is -0.510. The van der Waals surface area contributed by atoms with Gasteiger partial charge in [-0.2, -0.15) is 0 Å². The van der Waals surface area contributed by atoms with Gasteiger partial charge in [0.05, 0.1) is 10.2 Å². The summed E-state index contributed by atoms with van der Waals surface area (Å²) in [5.41, 5.74) is 8.03. The van der Waals surface area contributed by atoms with Crippen LogP contribution in [0.3, 0.4) is 0 Å². The number of rotatable bonds is 10. The van der Waals surface area contributed by atoms with Gasteiger partial charge in [-0.25, -0.2) is 0 Å². The molecule has 2 aliphatic carbocycles. The van der Waals surface area contributed by atoms with E-state index in [0.717, 1.165) is 67.8 Å². The number of hydrogen-bond acceptors (Lipinski definition) is 6. The molecule has 3 aliphatic rings. The van der Waals surface area contributed by atoms with Crippen molar-refractivity contribution in [3.63, 3.8) is 0 Å². The third-order valence-corrected chi connectivity index (χ3v) is 11.2. The van der Waals surface area contributed by atoms with Gasteiger partial charge >= 0.3 is 0 Å². The zero-order valence-corrected chi connectivity index (χ0v) is 33.0. The minimum Gasteiger partial charge on any atom is -0.490 e. The summed E-state index contributed by atoms with van der Waals surface area (Å²) < 4.78 is 13.1. The van der Waals surface area contributed by atoms with Gasteiger partial charge < -0.3 is 19.7 Å². The summed E-state index contributed by atoms with van der Waals surface area (Å²) in [6.07, 6.45) is 3.14. The first kappa shape index (κ1) is 36.9. The number of Topliss-reactive ketones (excluding diaryl/α,β-unsaturated/α-hetero) is 2. The van der Waals surface area contributed by atoms with Crippen LogP contribution in [0.4, 0.5) is 5.69 Å². The predicted molar refractivity (Wildman–Crippen MR) is 210 cm³/mol. The maximum atomic E-state index is 14.4. The van der Waals surface area contributed by atoms with E-state index in [1.165, 1.54) is 5.56 Å². The van der Waals surface area contributed by atoms with Crippen molar-refractivity contribution in [1.82, 2.24) is 4.90 Å². The molecule has 0 saturated heterocycles. The van der Waals surface area contributed by atoms with Crippen LogP contribution in [0.25, 0.3) is 0 Å². The molecule has 1 aliphatic heterocycles. The first-order valence-electron chi connectivity index (χ1n) is 18.0. The molecular formula is C43H49IN2O5. The first-order valence-corrected chi connectivity index (χ1v) is 19.0. The zero-order chi connectivity index (χ0) is 36.7. The largest absolute Gasteiger partial charge is 0.490 e. The third kappa shape index (κ3) is 7.81. The van der Waals surface area contributed by atoms with E-state index < -0.39 is 5.92 Å². The molecule has 3 aromatic carbocycles. The van der Waals surface area contributed by atoms with Crippen LogP contribution >= 0.6 is 22.6 Å². The number of nitrogens with zero attached hydrogens (tertiary/aromatic N) is 1. The number of nitrogens with one attached hydrogen (secondary N) is 1. The average Bonchev–Trinajstić information content (AvgIpc) is 3.04. The highest BCUT2D eigenvalue weighted by Gasteiger charge is 2.49. The van der Waals surface area contributed by atoms with Crippen LogP contribution in [0.15, 0.2) is 83.2 Å². The van der Waals surface area contributed by atoms with Gasteiger partial charge in [0.2, 0.25) is 0 Å². The molecule has 0 radical (unpaired) electrons. The Kier molecular flexibility index (Phi) is 10.6. The number of amides is 1. The quantitative estimate of drug-likeness (QED) is 0.206. The number of aryl methyl sites for hydroxylation is 1. The van der Waals surface area contributed by atoms with Crippen LogP contribution < -0.4 is 14.8 Å². The van der Waals surface area contributed by atoms with Gasteiger partial charge in [-0.1, -0.05) is 70.2 Å². The highest BCUT2D eigenvalue weighted by atomic mass is 127.